The molecule has 22 heavy (non-hydrogen) atoms. The second-order valence-corrected chi connectivity index (χ2v) is 5.90. The molecule has 0 fully saturated rings. The number of esters is 1. The number of carbonyl (C=O) groups is 3. The highest BCUT2D eigenvalue weighted by Gasteiger charge is 2.32. The normalized spacial score (nSPS) is 12.0. The van der Waals surface area contributed by atoms with Crippen LogP contribution in [0.25, 0.3) is 0 Å². The first-order valence-electron chi connectivity index (χ1n) is 6.52. The smallest absolute Gasteiger partial charge is 0.368 e. The van der Waals surface area contributed by atoms with E-state index < -0.39 is 18.0 Å². The molecule has 8 heteroatoms. The third-order valence-electron chi connectivity index (χ3n) is 2.35. The minimum atomic E-state index is -1.56. The van der Waals surface area contributed by atoms with E-state index in [-0.39, 0.29) is 10.5 Å². The van der Waals surface area contributed by atoms with Gasteiger partial charge in [-0.3, -0.25) is 0 Å². The van der Waals surface area contributed by atoms with Gasteiger partial charge in [0, 0.05) is 12.1 Å². The average molecular weight is 318 g/mol. The maximum atomic E-state index is 10.8. The van der Waals surface area contributed by atoms with Gasteiger partial charge in [-0.15, -0.1) is 0 Å². The Labute approximate surface area is 131 Å². The minimum absolute atomic E-state index is 0.183. The van der Waals surface area contributed by atoms with E-state index in [2.05, 4.69) is 6.58 Å². The summed E-state index contributed by atoms with van der Waals surface area (Å²) in [7, 11) is 8.29. The van der Waals surface area contributed by atoms with Gasteiger partial charge in [-0.1, -0.05) is 6.58 Å². The van der Waals surface area contributed by atoms with Gasteiger partial charge in [0.1, 0.15) is 12.6 Å². The predicted octanol–water partition coefficient (Wildman–Crippen LogP) is -1.44. The van der Waals surface area contributed by atoms with Crippen LogP contribution in [0.5, 0.6) is 0 Å². The molecule has 0 aliphatic carbocycles. The highest BCUT2D eigenvalue weighted by Crippen LogP contribution is 2.01. The Morgan fingerprint density at radius 2 is 1.73 bits per heavy atom. The van der Waals surface area contributed by atoms with Gasteiger partial charge in [0.05, 0.1) is 21.1 Å². The van der Waals surface area contributed by atoms with Crippen LogP contribution in [0.1, 0.15) is 6.92 Å². The van der Waals surface area contributed by atoms with Crippen LogP contribution in [0.2, 0.25) is 0 Å². The Kier molecular flexibility index (Phi) is 10.1. The number of ether oxygens (including phenoxy) is 1. The predicted molar refractivity (Wildman–Crippen MR) is 78.8 cm³/mol. The number of carbonyl (C=O) groups excluding carboxylic acids is 2. The third-order valence-corrected chi connectivity index (χ3v) is 2.35. The Morgan fingerprint density at radius 1 is 1.27 bits per heavy atom. The lowest BCUT2D eigenvalue weighted by molar-refractivity contribution is -0.880. The molecule has 0 aliphatic rings. The Balaban J connectivity index is 0. The van der Waals surface area contributed by atoms with Crippen molar-refractivity contribution >= 4 is 17.9 Å². The van der Waals surface area contributed by atoms with Crippen molar-refractivity contribution in [3.8, 4) is 0 Å². The number of aliphatic carboxylic acids is 2. The standard InChI is InChI=1S/C8H15NO2.C6H11NO4/c1-7(2)8(10)11-6-5-9(3)4;1-7(2,3)4(5(8)9)6(10)11/h1,5-6H2,2-4H3;4H,1-3H3,(H-,8,9,10,11). The molecule has 128 valence electrons. The Morgan fingerprint density at radius 3 is 1.91 bits per heavy atom. The molecule has 0 aromatic rings. The van der Waals surface area contributed by atoms with E-state index in [4.69, 9.17) is 9.84 Å². The van der Waals surface area contributed by atoms with Gasteiger partial charge in [0.15, 0.2) is 0 Å². The summed E-state index contributed by atoms with van der Waals surface area (Å²) in [6.07, 6.45) is 0. The van der Waals surface area contributed by atoms with Gasteiger partial charge in [-0.25, -0.2) is 9.59 Å². The molecule has 1 N–H and O–H groups in total. The largest absolute Gasteiger partial charge is 0.543 e. The SMILES string of the molecule is C=C(C)C(=O)OCCN(C)C.C[N+](C)(C)C(C(=O)[O-])C(=O)O. The number of hydrogen-bond donors (Lipinski definition) is 1. The van der Waals surface area contributed by atoms with E-state index in [0.29, 0.717) is 12.2 Å². The van der Waals surface area contributed by atoms with Gasteiger partial charge in [0.25, 0.3) is 0 Å². The Hall–Kier alpha value is -1.93. The van der Waals surface area contributed by atoms with Crippen molar-refractivity contribution < 1.29 is 33.8 Å². The quantitative estimate of drug-likeness (QED) is 0.265. The lowest BCUT2D eigenvalue weighted by atomic mass is 10.2. The van der Waals surface area contributed by atoms with Gasteiger partial charge in [0.2, 0.25) is 6.04 Å². The number of hydrogen-bond acceptors (Lipinski definition) is 6. The highest BCUT2D eigenvalue weighted by atomic mass is 16.5. The number of rotatable bonds is 7. The zero-order valence-corrected chi connectivity index (χ0v) is 14.1. The molecule has 0 saturated carbocycles. The fraction of sp³-hybridized carbons (Fsp3) is 0.643. The summed E-state index contributed by atoms with van der Waals surface area (Å²) in [5.41, 5.74) is 0.448. The number of carboxylic acids is 2. The van der Waals surface area contributed by atoms with Crippen molar-refractivity contribution in [2.45, 2.75) is 13.0 Å². The molecule has 0 rings (SSSR count). The molecular formula is C14H26N2O6. The van der Waals surface area contributed by atoms with Crippen LogP contribution >= 0.6 is 0 Å². The topological polar surface area (TPSA) is 107 Å². The molecule has 1 unspecified atom stereocenters. The fourth-order valence-electron chi connectivity index (χ4n) is 1.19. The molecule has 0 bridgehead atoms. The first-order chi connectivity index (χ1) is 9.80. The van der Waals surface area contributed by atoms with Crippen LogP contribution in [-0.2, 0) is 19.1 Å². The van der Waals surface area contributed by atoms with Gasteiger partial charge in [-0.2, -0.15) is 0 Å². The van der Waals surface area contributed by atoms with Crippen molar-refractivity contribution in [1.29, 1.82) is 0 Å². The number of quaternary nitrogens is 1. The number of likely N-dealkylation sites (N-methyl/N-ethyl adjacent to an activating group) is 2. The average Bonchev–Trinajstić information content (AvgIpc) is 2.25. The Bertz CT molecular complexity index is 398. The first-order valence-corrected chi connectivity index (χ1v) is 6.52. The van der Waals surface area contributed by atoms with E-state index >= 15 is 0 Å². The summed E-state index contributed by atoms with van der Waals surface area (Å²) in [6, 6.07) is -1.50. The van der Waals surface area contributed by atoms with Crippen molar-refractivity contribution in [2.75, 3.05) is 48.4 Å². The molecule has 0 saturated heterocycles. The molecule has 0 spiro atoms. The maximum absolute atomic E-state index is 10.8. The van der Waals surface area contributed by atoms with E-state index in [1.165, 1.54) is 21.1 Å². The van der Waals surface area contributed by atoms with E-state index in [9.17, 15) is 19.5 Å². The summed E-state index contributed by atoms with van der Waals surface area (Å²) >= 11 is 0. The van der Waals surface area contributed by atoms with E-state index in [1.54, 1.807) is 6.92 Å². The summed E-state index contributed by atoms with van der Waals surface area (Å²) in [6.45, 7) is 6.28. The van der Waals surface area contributed by atoms with Gasteiger partial charge < -0.3 is 29.1 Å². The summed E-state index contributed by atoms with van der Waals surface area (Å²) in [5, 5.41) is 18.7. The van der Waals surface area contributed by atoms with Gasteiger partial charge >= 0.3 is 11.9 Å². The highest BCUT2D eigenvalue weighted by molar-refractivity contribution is 5.94. The van der Waals surface area contributed by atoms with E-state index in [0.717, 1.165) is 6.54 Å². The molecule has 0 heterocycles. The van der Waals surface area contributed by atoms with Crippen molar-refractivity contribution in [2.24, 2.45) is 0 Å². The zero-order valence-electron chi connectivity index (χ0n) is 14.1. The second-order valence-electron chi connectivity index (χ2n) is 5.90. The van der Waals surface area contributed by atoms with Crippen LogP contribution in [0.15, 0.2) is 12.2 Å². The zero-order chi connectivity index (χ0) is 18.1. The van der Waals surface area contributed by atoms with Crippen molar-refractivity contribution in [3.05, 3.63) is 12.2 Å². The molecule has 0 amide bonds. The molecule has 0 radical (unpaired) electrons. The van der Waals surface area contributed by atoms with Crippen molar-refractivity contribution in [1.82, 2.24) is 4.90 Å². The molecular weight excluding hydrogens is 292 g/mol. The van der Waals surface area contributed by atoms with Crippen LogP contribution in [0.3, 0.4) is 0 Å². The monoisotopic (exact) mass is 318 g/mol. The second kappa shape index (κ2) is 9.91. The van der Waals surface area contributed by atoms with Crippen LogP contribution in [-0.4, -0.2) is 86.8 Å². The summed E-state index contributed by atoms with van der Waals surface area (Å²) in [5.74, 6) is -3.26. The first kappa shape index (κ1) is 22.4. The third kappa shape index (κ3) is 10.8. The number of nitrogens with zero attached hydrogens (tertiary/aromatic N) is 2. The maximum Gasteiger partial charge on any atom is 0.368 e. The molecule has 1 atom stereocenters. The summed E-state index contributed by atoms with van der Waals surface area (Å²) < 4.78 is 4.65. The molecule has 0 aromatic heterocycles. The summed E-state index contributed by atoms with van der Waals surface area (Å²) in [4.78, 5) is 33.4. The van der Waals surface area contributed by atoms with Crippen LogP contribution in [0, 0.1) is 0 Å². The lowest BCUT2D eigenvalue weighted by Gasteiger charge is -2.31. The van der Waals surface area contributed by atoms with Crippen LogP contribution < -0.4 is 5.11 Å². The van der Waals surface area contributed by atoms with E-state index in [1.807, 2.05) is 19.0 Å². The van der Waals surface area contributed by atoms with Crippen molar-refractivity contribution in [3.63, 3.8) is 0 Å². The molecule has 0 aromatic carbocycles. The van der Waals surface area contributed by atoms with Gasteiger partial charge in [-0.05, 0) is 21.0 Å². The number of carboxylic acid groups (broad SMARTS) is 2. The fourth-order valence-corrected chi connectivity index (χ4v) is 1.19. The molecule has 8 nitrogen and oxygen atoms in total. The lowest BCUT2D eigenvalue weighted by Crippen LogP contribution is -2.58. The molecule has 0 aliphatic heterocycles. The van der Waals surface area contributed by atoms with Crippen LogP contribution in [0.4, 0.5) is 0 Å². The minimum Gasteiger partial charge on any atom is -0.543 e.